The Bertz CT molecular complexity index is 754. The van der Waals surface area contributed by atoms with E-state index in [1.807, 2.05) is 26.0 Å². The highest BCUT2D eigenvalue weighted by molar-refractivity contribution is 6.06. The van der Waals surface area contributed by atoms with Crippen molar-refractivity contribution in [2.45, 2.75) is 20.8 Å². The van der Waals surface area contributed by atoms with E-state index in [0.717, 1.165) is 11.1 Å². The highest BCUT2D eigenvalue weighted by Gasteiger charge is 2.13. The molecule has 23 heavy (non-hydrogen) atoms. The Kier molecular flexibility index (Phi) is 5.01. The molecule has 0 radical (unpaired) electrons. The van der Waals surface area contributed by atoms with Gasteiger partial charge in [-0.1, -0.05) is 17.7 Å². The summed E-state index contributed by atoms with van der Waals surface area (Å²) in [4.78, 5) is 23.7. The number of hydrogen-bond donors (Lipinski definition) is 2. The standard InChI is InChI=1S/C18H20N2O3/c1-11-5-7-15(12(2)9-11)18(22)20-16-10-14(19-13(3)21)6-8-17(16)23-4/h5-10H,1-4H3,(H,19,21)(H,20,22). The van der Waals surface area contributed by atoms with E-state index in [4.69, 9.17) is 4.74 Å². The van der Waals surface area contributed by atoms with Crippen LogP contribution in [0.2, 0.25) is 0 Å². The van der Waals surface area contributed by atoms with Crippen molar-refractivity contribution in [3.63, 3.8) is 0 Å². The van der Waals surface area contributed by atoms with Gasteiger partial charge in [0.15, 0.2) is 0 Å². The predicted molar refractivity (Wildman–Crippen MR) is 91.2 cm³/mol. The zero-order valence-electron chi connectivity index (χ0n) is 13.7. The number of amides is 2. The molecule has 0 aliphatic rings. The van der Waals surface area contributed by atoms with Crippen LogP contribution in [-0.4, -0.2) is 18.9 Å². The van der Waals surface area contributed by atoms with Gasteiger partial charge < -0.3 is 15.4 Å². The molecule has 0 fully saturated rings. The summed E-state index contributed by atoms with van der Waals surface area (Å²) in [5.41, 5.74) is 3.70. The Labute approximate surface area is 135 Å². The molecule has 0 atom stereocenters. The highest BCUT2D eigenvalue weighted by Crippen LogP contribution is 2.28. The quantitative estimate of drug-likeness (QED) is 0.907. The first-order valence-corrected chi connectivity index (χ1v) is 7.25. The Morgan fingerprint density at radius 3 is 2.35 bits per heavy atom. The molecule has 5 heteroatoms. The molecule has 0 saturated carbocycles. The molecule has 0 unspecified atom stereocenters. The van der Waals surface area contributed by atoms with Crippen LogP contribution in [0.4, 0.5) is 11.4 Å². The van der Waals surface area contributed by atoms with Crippen LogP contribution in [0.25, 0.3) is 0 Å². The third kappa shape index (κ3) is 4.10. The van der Waals surface area contributed by atoms with Crippen molar-refractivity contribution < 1.29 is 14.3 Å². The van der Waals surface area contributed by atoms with E-state index in [-0.39, 0.29) is 11.8 Å². The minimum Gasteiger partial charge on any atom is -0.495 e. The minimum atomic E-state index is -0.222. The molecular formula is C18H20N2O3. The summed E-state index contributed by atoms with van der Waals surface area (Å²) < 4.78 is 5.26. The second-order valence-electron chi connectivity index (χ2n) is 5.37. The average molecular weight is 312 g/mol. The van der Waals surface area contributed by atoms with Gasteiger partial charge in [-0.3, -0.25) is 9.59 Å². The SMILES string of the molecule is COc1ccc(NC(C)=O)cc1NC(=O)c1ccc(C)cc1C. The number of rotatable bonds is 4. The molecule has 0 bridgehead atoms. The fourth-order valence-electron chi connectivity index (χ4n) is 2.34. The van der Waals surface area contributed by atoms with E-state index in [9.17, 15) is 9.59 Å². The Morgan fingerprint density at radius 2 is 1.74 bits per heavy atom. The maximum atomic E-state index is 12.5. The lowest BCUT2D eigenvalue weighted by molar-refractivity contribution is -0.114. The van der Waals surface area contributed by atoms with Crippen LogP contribution < -0.4 is 15.4 Å². The van der Waals surface area contributed by atoms with E-state index < -0.39 is 0 Å². The van der Waals surface area contributed by atoms with Crippen LogP contribution in [-0.2, 0) is 4.79 Å². The number of methoxy groups -OCH3 is 1. The zero-order valence-corrected chi connectivity index (χ0v) is 13.7. The normalized spacial score (nSPS) is 10.1. The predicted octanol–water partition coefficient (Wildman–Crippen LogP) is 3.52. The summed E-state index contributed by atoms with van der Waals surface area (Å²) in [6.45, 7) is 5.31. The lowest BCUT2D eigenvalue weighted by Crippen LogP contribution is -2.14. The summed E-state index contributed by atoms with van der Waals surface area (Å²) in [5, 5.41) is 5.52. The van der Waals surface area contributed by atoms with Gasteiger partial charge in [0.25, 0.3) is 5.91 Å². The maximum absolute atomic E-state index is 12.5. The third-order valence-corrected chi connectivity index (χ3v) is 3.39. The van der Waals surface area contributed by atoms with Crippen LogP contribution in [0, 0.1) is 13.8 Å². The molecule has 2 N–H and O–H groups in total. The van der Waals surface area contributed by atoms with Crippen molar-refractivity contribution in [3.8, 4) is 5.75 Å². The fraction of sp³-hybridized carbons (Fsp3) is 0.222. The van der Waals surface area contributed by atoms with Gasteiger partial charge in [0, 0.05) is 18.2 Å². The van der Waals surface area contributed by atoms with Crippen molar-refractivity contribution in [1.29, 1.82) is 0 Å². The van der Waals surface area contributed by atoms with Crippen LogP contribution in [0.5, 0.6) is 5.75 Å². The van der Waals surface area contributed by atoms with Crippen molar-refractivity contribution in [1.82, 2.24) is 0 Å². The fourth-order valence-corrected chi connectivity index (χ4v) is 2.34. The number of carbonyl (C=O) groups excluding carboxylic acids is 2. The molecule has 0 aliphatic carbocycles. The number of aryl methyl sites for hydroxylation is 2. The van der Waals surface area contributed by atoms with Crippen LogP contribution in [0.15, 0.2) is 36.4 Å². The molecule has 0 saturated heterocycles. The van der Waals surface area contributed by atoms with E-state index in [1.165, 1.54) is 14.0 Å². The highest BCUT2D eigenvalue weighted by atomic mass is 16.5. The maximum Gasteiger partial charge on any atom is 0.256 e. The van der Waals surface area contributed by atoms with Gasteiger partial charge in [0.1, 0.15) is 5.75 Å². The first-order valence-electron chi connectivity index (χ1n) is 7.25. The Balaban J connectivity index is 2.30. The second kappa shape index (κ2) is 6.96. The minimum absolute atomic E-state index is 0.179. The largest absolute Gasteiger partial charge is 0.495 e. The molecule has 0 aromatic heterocycles. The number of anilines is 2. The lowest BCUT2D eigenvalue weighted by Gasteiger charge is -2.13. The average Bonchev–Trinajstić information content (AvgIpc) is 2.46. The van der Waals surface area contributed by atoms with Crippen LogP contribution in [0.1, 0.15) is 28.4 Å². The molecule has 5 nitrogen and oxygen atoms in total. The summed E-state index contributed by atoms with van der Waals surface area (Å²) in [6, 6.07) is 10.7. The first kappa shape index (κ1) is 16.5. The van der Waals surface area contributed by atoms with Crippen molar-refractivity contribution in [3.05, 3.63) is 53.1 Å². The van der Waals surface area contributed by atoms with Gasteiger partial charge in [0.05, 0.1) is 12.8 Å². The lowest BCUT2D eigenvalue weighted by atomic mass is 10.1. The van der Waals surface area contributed by atoms with E-state index >= 15 is 0 Å². The molecular weight excluding hydrogens is 292 g/mol. The van der Waals surface area contributed by atoms with Crippen LogP contribution >= 0.6 is 0 Å². The number of nitrogens with one attached hydrogen (secondary N) is 2. The van der Waals surface area contributed by atoms with Crippen molar-refractivity contribution in [2.75, 3.05) is 17.7 Å². The monoisotopic (exact) mass is 312 g/mol. The van der Waals surface area contributed by atoms with Crippen LogP contribution in [0.3, 0.4) is 0 Å². The van der Waals surface area contributed by atoms with E-state index in [1.54, 1.807) is 24.3 Å². The molecule has 120 valence electrons. The molecule has 0 spiro atoms. The third-order valence-electron chi connectivity index (χ3n) is 3.39. The smallest absolute Gasteiger partial charge is 0.256 e. The molecule has 2 aromatic carbocycles. The first-order chi connectivity index (χ1) is 10.9. The molecule has 2 rings (SSSR count). The van der Waals surface area contributed by atoms with Gasteiger partial charge in [-0.25, -0.2) is 0 Å². The number of ether oxygens (including phenoxy) is 1. The Hall–Kier alpha value is -2.82. The van der Waals surface area contributed by atoms with Gasteiger partial charge in [-0.15, -0.1) is 0 Å². The molecule has 0 aliphatic heterocycles. The van der Waals surface area contributed by atoms with Gasteiger partial charge >= 0.3 is 0 Å². The van der Waals surface area contributed by atoms with E-state index in [0.29, 0.717) is 22.7 Å². The molecule has 2 aromatic rings. The topological polar surface area (TPSA) is 67.4 Å². The molecule has 2 amide bonds. The van der Waals surface area contributed by atoms with E-state index in [2.05, 4.69) is 10.6 Å². The molecule has 0 heterocycles. The summed E-state index contributed by atoms with van der Waals surface area (Å²) in [7, 11) is 1.53. The number of carbonyl (C=O) groups is 2. The van der Waals surface area contributed by atoms with Gasteiger partial charge in [0.2, 0.25) is 5.91 Å². The summed E-state index contributed by atoms with van der Waals surface area (Å²) in [6.07, 6.45) is 0. The second-order valence-corrected chi connectivity index (χ2v) is 5.37. The van der Waals surface area contributed by atoms with Crippen molar-refractivity contribution >= 4 is 23.2 Å². The Morgan fingerprint density at radius 1 is 1.00 bits per heavy atom. The van der Waals surface area contributed by atoms with Gasteiger partial charge in [-0.2, -0.15) is 0 Å². The van der Waals surface area contributed by atoms with Crippen molar-refractivity contribution in [2.24, 2.45) is 0 Å². The zero-order chi connectivity index (χ0) is 17.0. The van der Waals surface area contributed by atoms with Gasteiger partial charge in [-0.05, 0) is 43.7 Å². The summed E-state index contributed by atoms with van der Waals surface area (Å²) >= 11 is 0. The number of hydrogen-bond acceptors (Lipinski definition) is 3. The summed E-state index contributed by atoms with van der Waals surface area (Å²) in [5.74, 6) is 0.125. The number of benzene rings is 2.